The van der Waals surface area contributed by atoms with E-state index in [2.05, 4.69) is 10.2 Å². The molecule has 3 rings (SSSR count). The fraction of sp³-hybridized carbons (Fsp3) is 0.700. The van der Waals surface area contributed by atoms with Crippen LogP contribution in [0.3, 0.4) is 0 Å². The summed E-state index contributed by atoms with van der Waals surface area (Å²) >= 11 is 0.304. The Morgan fingerprint density at radius 3 is 2.70 bits per heavy atom. The number of nitrogens with two attached hydrogens (primary N) is 1. The van der Waals surface area contributed by atoms with Crippen molar-refractivity contribution in [2.75, 3.05) is 20.2 Å². The second kappa shape index (κ2) is 9.17. The van der Waals surface area contributed by atoms with E-state index < -0.39 is 6.10 Å². The number of hydrogen-bond acceptors (Lipinski definition) is 5. The maximum absolute atomic E-state index is 12.9. The Hall–Kier alpha value is -1.44. The highest BCUT2D eigenvalue weighted by Crippen LogP contribution is 2.29. The molecule has 0 aromatic rings. The largest absolute Gasteiger partial charge is 0.397 e. The van der Waals surface area contributed by atoms with Crippen molar-refractivity contribution >= 4 is 22.0 Å². The van der Waals surface area contributed by atoms with Crippen molar-refractivity contribution < 1.29 is 13.7 Å². The lowest BCUT2D eigenvalue weighted by Crippen LogP contribution is -2.47. The summed E-state index contributed by atoms with van der Waals surface area (Å²) in [6, 6.07) is 1.08. The fourth-order valence-electron chi connectivity index (χ4n) is 4.65. The van der Waals surface area contributed by atoms with Crippen molar-refractivity contribution in [2.24, 2.45) is 5.73 Å². The van der Waals surface area contributed by atoms with Gasteiger partial charge in [-0.3, -0.25) is 9.69 Å². The Morgan fingerprint density at radius 1 is 1.30 bits per heavy atom. The molecule has 3 aliphatic rings. The summed E-state index contributed by atoms with van der Waals surface area (Å²) in [6.45, 7) is 3.59. The van der Waals surface area contributed by atoms with Crippen molar-refractivity contribution in [3.63, 3.8) is 0 Å². The molecule has 2 unspecified atom stereocenters. The van der Waals surface area contributed by atoms with Gasteiger partial charge in [0.15, 0.2) is 0 Å². The van der Waals surface area contributed by atoms with Gasteiger partial charge in [-0.15, -0.1) is 0 Å². The average Bonchev–Trinajstić information content (AvgIpc) is 3.17. The summed E-state index contributed by atoms with van der Waals surface area (Å²) in [5.74, 6) is -0.171. The van der Waals surface area contributed by atoms with E-state index in [9.17, 15) is 9.00 Å². The van der Waals surface area contributed by atoms with E-state index in [1.54, 1.807) is 6.08 Å². The molecule has 0 aromatic heterocycles. The van der Waals surface area contributed by atoms with E-state index in [-0.39, 0.29) is 5.91 Å². The van der Waals surface area contributed by atoms with Crippen molar-refractivity contribution in [1.29, 1.82) is 0 Å². The first kappa shape index (κ1) is 20.3. The number of carbonyl (C=O) groups excluding carboxylic acids is 1. The van der Waals surface area contributed by atoms with Crippen LogP contribution in [-0.2, 0) is 20.8 Å². The number of nitrogens with one attached hydrogen (secondary N) is 1. The summed E-state index contributed by atoms with van der Waals surface area (Å²) in [4.78, 5) is 15.8. The number of hydrogen-bond donors (Lipinski definition) is 2. The first-order valence-electron chi connectivity index (χ1n) is 9.98. The zero-order valence-corrected chi connectivity index (χ0v) is 17.1. The number of methoxy groups -OCH3 is 1. The molecule has 3 N–H and O–H groups in total. The molecular formula is C20H31N3O3S. The monoisotopic (exact) mass is 393 g/mol. The highest BCUT2D eigenvalue weighted by atomic mass is 32.1. The maximum Gasteiger partial charge on any atom is 0.250 e. The predicted molar refractivity (Wildman–Crippen MR) is 109 cm³/mol. The third kappa shape index (κ3) is 4.36. The molecule has 1 aliphatic heterocycles. The van der Waals surface area contributed by atoms with Crippen LogP contribution in [0.1, 0.15) is 51.9 Å². The van der Waals surface area contributed by atoms with Gasteiger partial charge in [0.2, 0.25) is 5.91 Å². The fourth-order valence-corrected chi connectivity index (χ4v) is 5.22. The van der Waals surface area contributed by atoms with Gasteiger partial charge in [-0.1, -0.05) is 19.3 Å². The summed E-state index contributed by atoms with van der Waals surface area (Å²) in [5, 5.41) is 3.09. The lowest BCUT2D eigenvalue weighted by atomic mass is 9.93. The Kier molecular flexibility index (Phi) is 6.89. The second-order valence-electron chi connectivity index (χ2n) is 7.80. The third-order valence-electron chi connectivity index (χ3n) is 6.14. The van der Waals surface area contributed by atoms with Gasteiger partial charge in [0.1, 0.15) is 11.0 Å². The van der Waals surface area contributed by atoms with E-state index in [0.717, 1.165) is 18.5 Å². The van der Waals surface area contributed by atoms with Gasteiger partial charge >= 0.3 is 0 Å². The Morgan fingerprint density at radius 2 is 2.04 bits per heavy atom. The van der Waals surface area contributed by atoms with Crippen LogP contribution < -0.4 is 11.1 Å². The Labute approximate surface area is 165 Å². The number of rotatable bonds is 5. The number of allylic oxidation sites excluding steroid dienone is 2. The van der Waals surface area contributed by atoms with E-state index in [0.29, 0.717) is 46.0 Å². The highest BCUT2D eigenvalue weighted by molar-refractivity contribution is 7.67. The molecule has 0 radical (unpaired) electrons. The van der Waals surface area contributed by atoms with Crippen molar-refractivity contribution in [2.45, 2.75) is 70.1 Å². The van der Waals surface area contributed by atoms with Crippen LogP contribution >= 0.6 is 0 Å². The molecule has 0 bridgehead atoms. The van der Waals surface area contributed by atoms with Gasteiger partial charge in [0.05, 0.1) is 22.5 Å². The Balaban J connectivity index is 1.66. The van der Waals surface area contributed by atoms with E-state index in [1.165, 1.54) is 45.6 Å². The molecule has 7 heteroatoms. The topological polar surface area (TPSA) is 84.7 Å². The SMILES string of the molecule is COC1C(C(=O)NCC2CCCN2C2CCCCC2)=CC(C)=C(N)C1=S=O. The van der Waals surface area contributed by atoms with Crippen LogP contribution in [0.5, 0.6) is 0 Å². The van der Waals surface area contributed by atoms with Crippen molar-refractivity contribution in [3.8, 4) is 0 Å². The molecule has 1 heterocycles. The second-order valence-corrected chi connectivity index (χ2v) is 8.40. The highest BCUT2D eigenvalue weighted by Gasteiger charge is 2.34. The van der Waals surface area contributed by atoms with Gasteiger partial charge in [-0.05, 0) is 50.8 Å². The number of ether oxygens (including phenoxy) is 1. The van der Waals surface area contributed by atoms with Gasteiger partial charge in [0, 0.05) is 25.7 Å². The van der Waals surface area contributed by atoms with Crippen LogP contribution in [0.2, 0.25) is 0 Å². The lowest BCUT2D eigenvalue weighted by Gasteiger charge is -2.35. The summed E-state index contributed by atoms with van der Waals surface area (Å²) in [5.41, 5.74) is 7.60. The molecule has 0 aromatic carbocycles. The molecule has 1 amide bonds. The number of nitrogens with zero attached hydrogens (tertiary/aromatic N) is 1. The zero-order chi connectivity index (χ0) is 19.4. The van der Waals surface area contributed by atoms with Crippen molar-refractivity contribution in [3.05, 3.63) is 22.9 Å². The standard InChI is InChI=1S/C20H31N3O3S/c1-13-11-16(18(26-2)19(27-25)17(13)21)20(24)22-12-15-9-6-10-23(15)14-7-4-3-5-8-14/h11,14-15,18H,3-10,12,21H2,1-2H3,(H,22,24). The van der Waals surface area contributed by atoms with Crippen LogP contribution in [0, 0.1) is 0 Å². The summed E-state index contributed by atoms with van der Waals surface area (Å²) in [6.07, 6.45) is 9.94. The number of likely N-dealkylation sites (tertiary alicyclic amines) is 1. The molecular weight excluding hydrogens is 362 g/mol. The number of amides is 1. The summed E-state index contributed by atoms with van der Waals surface area (Å²) in [7, 11) is 1.50. The zero-order valence-electron chi connectivity index (χ0n) is 16.3. The third-order valence-corrected chi connectivity index (χ3v) is 6.75. The van der Waals surface area contributed by atoms with Crippen LogP contribution in [0.25, 0.3) is 0 Å². The van der Waals surface area contributed by atoms with E-state index in [4.69, 9.17) is 10.5 Å². The minimum absolute atomic E-state index is 0.171. The quantitative estimate of drug-likeness (QED) is 0.691. The molecule has 0 spiro atoms. The first-order valence-corrected chi connectivity index (χ1v) is 10.7. The summed E-state index contributed by atoms with van der Waals surface area (Å²) < 4.78 is 16.9. The molecule has 27 heavy (non-hydrogen) atoms. The van der Waals surface area contributed by atoms with Gasteiger partial charge in [-0.2, -0.15) is 0 Å². The molecule has 2 aliphatic carbocycles. The minimum Gasteiger partial charge on any atom is -0.397 e. The average molecular weight is 394 g/mol. The van der Waals surface area contributed by atoms with Crippen LogP contribution in [0.4, 0.5) is 0 Å². The first-order chi connectivity index (χ1) is 13.1. The van der Waals surface area contributed by atoms with E-state index >= 15 is 0 Å². The molecule has 150 valence electrons. The normalized spacial score (nSPS) is 27.6. The van der Waals surface area contributed by atoms with Gasteiger partial charge < -0.3 is 15.8 Å². The maximum atomic E-state index is 12.9. The van der Waals surface area contributed by atoms with Crippen LogP contribution in [-0.4, -0.2) is 58.3 Å². The molecule has 2 atom stereocenters. The Bertz CT molecular complexity index is 691. The number of carbonyl (C=O) groups is 1. The lowest BCUT2D eigenvalue weighted by molar-refractivity contribution is -0.118. The molecule has 1 saturated heterocycles. The minimum atomic E-state index is -0.686. The molecule has 2 fully saturated rings. The smallest absolute Gasteiger partial charge is 0.250 e. The molecule has 1 saturated carbocycles. The predicted octanol–water partition coefficient (Wildman–Crippen LogP) is 1.47. The van der Waals surface area contributed by atoms with Crippen LogP contribution in [0.15, 0.2) is 22.9 Å². The van der Waals surface area contributed by atoms with Crippen molar-refractivity contribution in [1.82, 2.24) is 10.2 Å². The molecule has 6 nitrogen and oxygen atoms in total. The van der Waals surface area contributed by atoms with Gasteiger partial charge in [0.25, 0.3) is 0 Å². The van der Waals surface area contributed by atoms with Gasteiger partial charge in [-0.25, -0.2) is 4.21 Å². The van der Waals surface area contributed by atoms with E-state index in [1.807, 2.05) is 6.92 Å².